The summed E-state index contributed by atoms with van der Waals surface area (Å²) in [6.07, 6.45) is 2.02. The smallest absolute Gasteiger partial charge is 0.306 e. The Hall–Kier alpha value is -2.94. The lowest BCUT2D eigenvalue weighted by Crippen LogP contribution is -2.65. The van der Waals surface area contributed by atoms with Gasteiger partial charge in [0.15, 0.2) is 18.3 Å². The van der Waals surface area contributed by atoms with Crippen molar-refractivity contribution >= 4 is 23.9 Å². The zero-order valence-electron chi connectivity index (χ0n) is 25.5. The van der Waals surface area contributed by atoms with Crippen LogP contribution in [0.15, 0.2) is 24.3 Å². The third-order valence-electron chi connectivity index (χ3n) is 7.03. The molecule has 1 heterocycles. The number of hydrogen-bond acceptors (Lipinski definition) is 9. The van der Waals surface area contributed by atoms with Crippen molar-refractivity contribution in [3.63, 3.8) is 0 Å². The minimum atomic E-state index is -1.01. The molecule has 9 heteroatoms. The molecule has 1 aromatic rings. The Balaban J connectivity index is 2.41. The molecule has 0 N–H and O–H groups in total. The minimum Gasteiger partial charge on any atom is -0.464 e. The van der Waals surface area contributed by atoms with Gasteiger partial charge in [-0.2, -0.15) is 0 Å². The summed E-state index contributed by atoms with van der Waals surface area (Å²) in [6.45, 7) is 10.4. The van der Waals surface area contributed by atoms with Gasteiger partial charge in [-0.3, -0.25) is 24.1 Å². The largest absolute Gasteiger partial charge is 0.464 e. The van der Waals surface area contributed by atoms with E-state index in [0.717, 1.165) is 12.8 Å². The number of ether oxygens (including phenoxy) is 4. The fourth-order valence-electron chi connectivity index (χ4n) is 4.92. The molecule has 230 valence electrons. The molecule has 1 aromatic carbocycles. The summed E-state index contributed by atoms with van der Waals surface area (Å²) < 4.78 is 23.3. The lowest BCUT2D eigenvalue weighted by molar-refractivity contribution is -0.210. The van der Waals surface area contributed by atoms with Crippen LogP contribution < -0.4 is 0 Å². The molecule has 1 saturated heterocycles. The van der Waals surface area contributed by atoms with E-state index in [-0.39, 0.29) is 44.8 Å². The van der Waals surface area contributed by atoms with E-state index in [1.807, 2.05) is 39.5 Å². The van der Waals surface area contributed by atoms with Gasteiger partial charge in [-0.15, -0.1) is 0 Å². The molecule has 4 atom stereocenters. The highest BCUT2D eigenvalue weighted by Crippen LogP contribution is 2.29. The summed E-state index contributed by atoms with van der Waals surface area (Å²) in [5.41, 5.74) is 2.39. The number of aryl methyl sites for hydroxylation is 2. The summed E-state index contributed by atoms with van der Waals surface area (Å²) in [7, 11) is 0. The normalized spacial score (nSPS) is 20.7. The number of likely N-dealkylation sites (tertiary alicyclic amines) is 1. The topological polar surface area (TPSA) is 108 Å². The molecule has 0 bridgehead atoms. The molecule has 1 aliphatic rings. The number of nitrogens with zero attached hydrogens (tertiary/aromatic N) is 1. The molecule has 0 amide bonds. The number of carbonyl (C=O) groups excluding carboxylic acids is 4. The molecule has 0 aliphatic carbocycles. The van der Waals surface area contributed by atoms with Gasteiger partial charge >= 0.3 is 23.9 Å². The average molecular weight is 576 g/mol. The third kappa shape index (κ3) is 11.8. The summed E-state index contributed by atoms with van der Waals surface area (Å²) in [5.74, 6) is -1.65. The van der Waals surface area contributed by atoms with Crippen LogP contribution in [-0.2, 0) is 44.5 Å². The monoisotopic (exact) mass is 575 g/mol. The maximum absolute atomic E-state index is 12.8. The van der Waals surface area contributed by atoms with Crippen molar-refractivity contribution < 1.29 is 38.1 Å². The Morgan fingerprint density at radius 2 is 1.24 bits per heavy atom. The predicted molar refractivity (Wildman–Crippen MR) is 155 cm³/mol. The van der Waals surface area contributed by atoms with Gasteiger partial charge in [0.2, 0.25) is 0 Å². The van der Waals surface area contributed by atoms with Crippen LogP contribution >= 0.6 is 0 Å². The van der Waals surface area contributed by atoms with Gasteiger partial charge in [0, 0.05) is 32.2 Å². The first-order valence-corrected chi connectivity index (χ1v) is 15.3. The fraction of sp³-hybridized carbons (Fsp3) is 0.688. The number of benzene rings is 1. The second-order valence-corrected chi connectivity index (χ2v) is 10.8. The van der Waals surface area contributed by atoms with Crippen molar-refractivity contribution in [2.75, 3.05) is 19.7 Å². The number of carbonyl (C=O) groups is 4. The van der Waals surface area contributed by atoms with Crippen molar-refractivity contribution in [3.8, 4) is 0 Å². The van der Waals surface area contributed by atoms with Crippen molar-refractivity contribution in [1.29, 1.82) is 0 Å². The van der Waals surface area contributed by atoms with Crippen LogP contribution in [0.4, 0.5) is 0 Å². The van der Waals surface area contributed by atoms with E-state index in [0.29, 0.717) is 32.2 Å². The van der Waals surface area contributed by atoms with E-state index in [1.54, 1.807) is 0 Å². The van der Waals surface area contributed by atoms with Crippen molar-refractivity contribution in [2.45, 2.75) is 123 Å². The number of hydrogen-bond donors (Lipinski definition) is 0. The predicted octanol–water partition coefficient (Wildman–Crippen LogP) is 5.09. The zero-order chi connectivity index (χ0) is 30.2. The Morgan fingerprint density at radius 1 is 0.732 bits per heavy atom. The highest BCUT2D eigenvalue weighted by atomic mass is 16.6. The van der Waals surface area contributed by atoms with Gasteiger partial charge in [-0.1, -0.05) is 57.5 Å². The zero-order valence-corrected chi connectivity index (χ0v) is 25.5. The molecule has 1 aliphatic heterocycles. The van der Waals surface area contributed by atoms with E-state index < -0.39 is 42.3 Å². The van der Waals surface area contributed by atoms with E-state index in [2.05, 4.69) is 24.3 Å². The number of esters is 4. The van der Waals surface area contributed by atoms with Gasteiger partial charge < -0.3 is 18.9 Å². The molecule has 0 unspecified atom stereocenters. The molecular weight excluding hydrogens is 526 g/mol. The maximum Gasteiger partial charge on any atom is 0.306 e. The second-order valence-electron chi connectivity index (χ2n) is 10.8. The molecule has 0 saturated carbocycles. The van der Waals surface area contributed by atoms with Crippen LogP contribution in [-0.4, -0.2) is 72.8 Å². The molecule has 2 rings (SSSR count). The summed E-state index contributed by atoms with van der Waals surface area (Å²) in [4.78, 5) is 52.6. The Morgan fingerprint density at radius 3 is 1.80 bits per heavy atom. The Bertz CT molecular complexity index is 963. The number of piperidine rings is 1. The van der Waals surface area contributed by atoms with E-state index in [9.17, 15) is 19.2 Å². The van der Waals surface area contributed by atoms with E-state index in [1.165, 1.54) is 11.1 Å². The second kappa shape index (κ2) is 18.5. The molecule has 0 radical (unpaired) electrons. The number of rotatable bonds is 17. The van der Waals surface area contributed by atoms with Crippen LogP contribution in [0.1, 0.15) is 96.6 Å². The maximum atomic E-state index is 12.8. The standard InChI is InChI=1S/C32H49NO8/c1-6-11-27(34)38-22-25-31(40-29(36)13-8-3)32(41-30(37)14-9-4)26(39-28(35)12-7-2)21-33(25)20-10-15-24-18-16-23(5)17-19-24/h16-19,25-26,31-32H,6-15,20-22H2,1-5H3/t25-,26+,31-,32-/m1/s1. The van der Waals surface area contributed by atoms with Crippen LogP contribution in [0.25, 0.3) is 0 Å². The molecular formula is C32H49NO8. The molecule has 41 heavy (non-hydrogen) atoms. The quantitative estimate of drug-likeness (QED) is 0.185. The van der Waals surface area contributed by atoms with Gasteiger partial charge in [-0.05, 0) is 57.6 Å². The summed E-state index contributed by atoms with van der Waals surface area (Å²) >= 11 is 0. The first-order valence-electron chi connectivity index (χ1n) is 15.3. The molecule has 0 spiro atoms. The van der Waals surface area contributed by atoms with Gasteiger partial charge in [0.1, 0.15) is 6.61 Å². The van der Waals surface area contributed by atoms with Gasteiger partial charge in [0.25, 0.3) is 0 Å². The Kier molecular flexibility index (Phi) is 15.4. The van der Waals surface area contributed by atoms with Crippen LogP contribution in [0.3, 0.4) is 0 Å². The fourth-order valence-corrected chi connectivity index (χ4v) is 4.92. The average Bonchev–Trinajstić information content (AvgIpc) is 2.92. The van der Waals surface area contributed by atoms with E-state index >= 15 is 0 Å². The van der Waals surface area contributed by atoms with Crippen molar-refractivity contribution in [2.24, 2.45) is 0 Å². The highest BCUT2D eigenvalue weighted by molar-refractivity contribution is 5.72. The highest BCUT2D eigenvalue weighted by Gasteiger charge is 2.50. The molecule has 1 fully saturated rings. The first-order chi connectivity index (χ1) is 19.7. The van der Waals surface area contributed by atoms with Crippen LogP contribution in [0.2, 0.25) is 0 Å². The van der Waals surface area contributed by atoms with Gasteiger partial charge in [0.05, 0.1) is 6.04 Å². The van der Waals surface area contributed by atoms with Gasteiger partial charge in [-0.25, -0.2) is 0 Å². The first kappa shape index (κ1) is 34.3. The minimum absolute atomic E-state index is 0.0368. The molecule has 9 nitrogen and oxygen atoms in total. The Labute approximate surface area is 245 Å². The van der Waals surface area contributed by atoms with Crippen molar-refractivity contribution in [1.82, 2.24) is 4.90 Å². The SMILES string of the molecule is CCCC(=O)OC[C@@H]1[C@@H](OC(=O)CCC)[C@H](OC(=O)CCC)[C@@H](OC(=O)CCC)CN1CCCc1ccc(C)cc1. The van der Waals surface area contributed by atoms with Crippen molar-refractivity contribution in [3.05, 3.63) is 35.4 Å². The van der Waals surface area contributed by atoms with Crippen LogP contribution in [0.5, 0.6) is 0 Å². The lowest BCUT2D eigenvalue weighted by Gasteiger charge is -2.47. The third-order valence-corrected chi connectivity index (χ3v) is 7.03. The lowest BCUT2D eigenvalue weighted by atomic mass is 9.92. The summed E-state index contributed by atoms with van der Waals surface area (Å²) in [5, 5.41) is 0. The van der Waals surface area contributed by atoms with E-state index in [4.69, 9.17) is 18.9 Å². The molecule has 0 aromatic heterocycles. The van der Waals surface area contributed by atoms with Crippen LogP contribution in [0, 0.1) is 6.92 Å². The summed E-state index contributed by atoms with van der Waals surface area (Å²) in [6, 6.07) is 7.78.